The van der Waals surface area contributed by atoms with Crippen molar-refractivity contribution in [2.24, 2.45) is 5.73 Å². The van der Waals surface area contributed by atoms with E-state index in [1.165, 1.54) is 4.90 Å². The van der Waals surface area contributed by atoms with Crippen LogP contribution in [0.4, 0.5) is 5.69 Å². The Labute approximate surface area is 233 Å². The summed E-state index contributed by atoms with van der Waals surface area (Å²) in [5.41, 5.74) is 9.73. The third kappa shape index (κ3) is 6.41. The summed E-state index contributed by atoms with van der Waals surface area (Å²) < 4.78 is 0. The van der Waals surface area contributed by atoms with E-state index in [1.807, 2.05) is 43.0 Å². The van der Waals surface area contributed by atoms with Crippen molar-refractivity contribution in [3.8, 4) is 0 Å². The van der Waals surface area contributed by atoms with Crippen molar-refractivity contribution in [3.63, 3.8) is 0 Å². The number of nitrogens with two attached hydrogens (primary N) is 1. The van der Waals surface area contributed by atoms with Gasteiger partial charge < -0.3 is 30.9 Å². The molecule has 0 aliphatic carbocycles. The Balaban J connectivity index is 1.60. The molecule has 1 saturated heterocycles. The first-order valence-corrected chi connectivity index (χ1v) is 13.4. The Morgan fingerprint density at radius 2 is 1.85 bits per heavy atom. The first-order valence-electron chi connectivity index (χ1n) is 13.4. The molecule has 1 fully saturated rings. The minimum absolute atomic E-state index is 0.0155. The van der Waals surface area contributed by atoms with E-state index < -0.39 is 23.7 Å². The Morgan fingerprint density at radius 3 is 2.48 bits per heavy atom. The van der Waals surface area contributed by atoms with E-state index in [-0.39, 0.29) is 24.7 Å². The summed E-state index contributed by atoms with van der Waals surface area (Å²) in [7, 11) is 1.58. The Bertz CT molecular complexity index is 1430. The Kier molecular flexibility index (Phi) is 8.41. The fraction of sp³-hybridized carbons (Fsp3) is 0.414. The zero-order chi connectivity index (χ0) is 29.0. The molecule has 1 aliphatic rings. The molecule has 0 radical (unpaired) electrons. The molecule has 1 atom stereocenters. The van der Waals surface area contributed by atoms with Gasteiger partial charge in [0, 0.05) is 49.8 Å². The maximum atomic E-state index is 13.3. The number of nitrogen functional groups attached to an aromatic ring is 1. The first kappa shape index (κ1) is 28.6. The number of amidine groups is 1. The van der Waals surface area contributed by atoms with E-state index in [9.17, 15) is 14.4 Å². The van der Waals surface area contributed by atoms with E-state index in [0.717, 1.165) is 59.6 Å². The van der Waals surface area contributed by atoms with Gasteiger partial charge in [0.05, 0.1) is 17.6 Å². The lowest BCUT2D eigenvalue weighted by molar-refractivity contribution is -0.144. The van der Waals surface area contributed by atoms with Gasteiger partial charge >= 0.3 is 5.97 Å². The van der Waals surface area contributed by atoms with Crippen molar-refractivity contribution < 1.29 is 19.5 Å². The third-order valence-electron chi connectivity index (χ3n) is 7.58. The van der Waals surface area contributed by atoms with Gasteiger partial charge in [0.15, 0.2) is 0 Å². The van der Waals surface area contributed by atoms with E-state index in [2.05, 4.69) is 10.3 Å². The van der Waals surface area contributed by atoms with Crippen LogP contribution in [0.2, 0.25) is 0 Å². The van der Waals surface area contributed by atoms with Gasteiger partial charge in [0.1, 0.15) is 18.1 Å². The molecule has 1 aromatic heterocycles. The lowest BCUT2D eigenvalue weighted by Crippen LogP contribution is -2.44. The Hall–Kier alpha value is -4.41. The van der Waals surface area contributed by atoms with Gasteiger partial charge in [-0.15, -0.1) is 0 Å². The minimum atomic E-state index is -1.18. The van der Waals surface area contributed by atoms with Crippen molar-refractivity contribution in [1.29, 1.82) is 5.41 Å². The van der Waals surface area contributed by atoms with E-state index in [0.29, 0.717) is 12.1 Å². The third-order valence-corrected chi connectivity index (χ3v) is 7.58. The number of aliphatic carboxylic acids is 1. The normalized spacial score (nSPS) is 14.6. The molecular formula is C29H37N7O4. The molecule has 0 spiro atoms. The van der Waals surface area contributed by atoms with Crippen molar-refractivity contribution in [2.75, 3.05) is 32.0 Å². The SMILES string of the molecule is Cc1c(C(C)(CC(=O)N2CCCC2)CN(C)C(=O)CC(=O)O)ccc2[nH]c(CNc3ccc(C(=N)N)cc3)nc12. The number of carbonyl (C=O) groups excluding carboxylic acids is 2. The smallest absolute Gasteiger partial charge is 0.312 e. The number of hydrogen-bond acceptors (Lipinski definition) is 6. The van der Waals surface area contributed by atoms with Crippen LogP contribution in [-0.4, -0.2) is 75.2 Å². The first-order chi connectivity index (χ1) is 19.0. The summed E-state index contributed by atoms with van der Waals surface area (Å²) in [6.45, 7) is 6.02. The number of aromatic nitrogens is 2. The number of likely N-dealkylation sites (N-methyl/N-ethyl adjacent to an activating group) is 1. The van der Waals surface area contributed by atoms with Gasteiger partial charge in [-0.25, -0.2) is 4.98 Å². The average molecular weight is 548 g/mol. The summed E-state index contributed by atoms with van der Waals surface area (Å²) >= 11 is 0. The number of benzene rings is 2. The quantitative estimate of drug-likeness (QED) is 0.140. The van der Waals surface area contributed by atoms with Gasteiger partial charge in [-0.1, -0.05) is 13.0 Å². The van der Waals surface area contributed by atoms with Crippen molar-refractivity contribution in [3.05, 3.63) is 58.9 Å². The van der Waals surface area contributed by atoms with Crippen LogP contribution >= 0.6 is 0 Å². The number of anilines is 1. The molecule has 40 heavy (non-hydrogen) atoms. The highest BCUT2D eigenvalue weighted by molar-refractivity contribution is 5.95. The number of rotatable bonds is 11. The van der Waals surface area contributed by atoms with Crippen LogP contribution in [0.5, 0.6) is 0 Å². The second-order valence-electron chi connectivity index (χ2n) is 10.8. The van der Waals surface area contributed by atoms with E-state index in [4.69, 9.17) is 21.2 Å². The van der Waals surface area contributed by atoms with Crippen LogP contribution in [0.15, 0.2) is 36.4 Å². The highest BCUT2D eigenvalue weighted by Gasteiger charge is 2.36. The predicted molar refractivity (Wildman–Crippen MR) is 153 cm³/mol. The molecular weight excluding hydrogens is 510 g/mol. The minimum Gasteiger partial charge on any atom is -0.481 e. The second-order valence-corrected chi connectivity index (χ2v) is 10.8. The number of fused-ring (bicyclic) bond motifs is 1. The monoisotopic (exact) mass is 547 g/mol. The zero-order valence-electron chi connectivity index (χ0n) is 23.2. The zero-order valence-corrected chi connectivity index (χ0v) is 23.2. The maximum absolute atomic E-state index is 13.3. The molecule has 2 amide bonds. The highest BCUT2D eigenvalue weighted by atomic mass is 16.4. The number of hydrogen-bond donors (Lipinski definition) is 5. The molecule has 11 nitrogen and oxygen atoms in total. The molecule has 4 rings (SSSR count). The number of carboxylic acid groups (broad SMARTS) is 1. The number of carboxylic acids is 1. The van der Waals surface area contributed by atoms with Gasteiger partial charge in [-0.3, -0.25) is 19.8 Å². The highest BCUT2D eigenvalue weighted by Crippen LogP contribution is 2.35. The number of likely N-dealkylation sites (tertiary alicyclic amines) is 1. The van der Waals surface area contributed by atoms with E-state index in [1.54, 1.807) is 19.2 Å². The number of amides is 2. The molecule has 0 saturated carbocycles. The lowest BCUT2D eigenvalue weighted by Gasteiger charge is -2.36. The van der Waals surface area contributed by atoms with Crippen LogP contribution in [0, 0.1) is 12.3 Å². The summed E-state index contributed by atoms with van der Waals surface area (Å²) in [4.78, 5) is 48.5. The number of imidazole rings is 1. The van der Waals surface area contributed by atoms with Crippen LogP contribution in [-0.2, 0) is 26.3 Å². The van der Waals surface area contributed by atoms with Crippen LogP contribution in [0.25, 0.3) is 11.0 Å². The van der Waals surface area contributed by atoms with Gasteiger partial charge in [-0.05, 0) is 61.2 Å². The number of H-pyrrole nitrogens is 1. The molecule has 11 heteroatoms. The van der Waals surface area contributed by atoms with Gasteiger partial charge in [0.2, 0.25) is 11.8 Å². The van der Waals surface area contributed by atoms with Gasteiger partial charge in [0.25, 0.3) is 0 Å². The molecule has 1 aliphatic heterocycles. The van der Waals surface area contributed by atoms with Crippen LogP contribution in [0.1, 0.15) is 55.1 Å². The summed E-state index contributed by atoms with van der Waals surface area (Å²) in [5, 5.41) is 20.0. The lowest BCUT2D eigenvalue weighted by atomic mass is 9.76. The molecule has 212 valence electrons. The molecule has 2 heterocycles. The molecule has 2 aromatic carbocycles. The van der Waals surface area contributed by atoms with Crippen molar-refractivity contribution in [2.45, 2.75) is 51.5 Å². The van der Waals surface area contributed by atoms with Crippen molar-refractivity contribution >= 4 is 40.3 Å². The predicted octanol–water partition coefficient (Wildman–Crippen LogP) is 2.97. The molecule has 6 N–H and O–H groups in total. The second kappa shape index (κ2) is 11.8. The summed E-state index contributed by atoms with van der Waals surface area (Å²) in [6, 6.07) is 11.2. The summed E-state index contributed by atoms with van der Waals surface area (Å²) in [5.74, 6) is -0.912. The molecule has 1 unspecified atom stereocenters. The largest absolute Gasteiger partial charge is 0.481 e. The number of nitrogens with zero attached hydrogens (tertiary/aromatic N) is 3. The van der Waals surface area contributed by atoms with Crippen molar-refractivity contribution in [1.82, 2.24) is 19.8 Å². The standard InChI is InChI=1S/C29H37N7O4/c1-18-21(29(2,15-25(38)36-12-4-5-13-36)17-35(3)24(37)14-26(39)40)10-11-22-27(18)34-23(33-22)16-32-20-8-6-19(7-9-20)28(30)31/h6-11,32H,4-5,12-17H2,1-3H3,(H3,30,31)(H,33,34)(H,39,40). The van der Waals surface area contributed by atoms with Crippen LogP contribution < -0.4 is 11.1 Å². The molecule has 3 aromatic rings. The van der Waals surface area contributed by atoms with Gasteiger partial charge in [-0.2, -0.15) is 0 Å². The average Bonchev–Trinajstić information content (AvgIpc) is 3.58. The van der Waals surface area contributed by atoms with E-state index >= 15 is 0 Å². The number of aryl methyl sites for hydroxylation is 1. The maximum Gasteiger partial charge on any atom is 0.312 e. The fourth-order valence-corrected chi connectivity index (χ4v) is 5.48. The Morgan fingerprint density at radius 1 is 1.18 bits per heavy atom. The topological polar surface area (TPSA) is 168 Å². The van der Waals surface area contributed by atoms with Crippen LogP contribution in [0.3, 0.4) is 0 Å². The number of carbonyl (C=O) groups is 3. The number of nitrogens with one attached hydrogen (secondary N) is 3. The number of aromatic amines is 1. The molecule has 0 bridgehead atoms. The summed E-state index contributed by atoms with van der Waals surface area (Å²) in [6.07, 6.45) is 1.56. The fourth-order valence-electron chi connectivity index (χ4n) is 5.48.